The average Bonchev–Trinajstić information content (AvgIpc) is 3.46. The molecule has 0 aromatic heterocycles. The van der Waals surface area contributed by atoms with Crippen molar-refractivity contribution in [2.75, 3.05) is 31.3 Å². The number of nitrogens with zero attached hydrogens (tertiary/aromatic N) is 1. The Kier molecular flexibility index (Phi) is 3.15. The maximum absolute atomic E-state index is 13.8. The summed E-state index contributed by atoms with van der Waals surface area (Å²) < 4.78 is 17.7. The third kappa shape index (κ3) is 2.00. The van der Waals surface area contributed by atoms with Crippen LogP contribution in [0.15, 0.2) is 36.4 Å². The molecule has 6 rings (SSSR count). The zero-order valence-electron chi connectivity index (χ0n) is 15.1. The summed E-state index contributed by atoms with van der Waals surface area (Å²) in [7, 11) is 0. The van der Waals surface area contributed by atoms with Crippen LogP contribution in [-0.2, 0) is 21.4 Å². The van der Waals surface area contributed by atoms with E-state index in [1.54, 1.807) is 0 Å². The van der Waals surface area contributed by atoms with Crippen LogP contribution in [-0.4, -0.2) is 38.4 Å². The molecule has 0 aliphatic carbocycles. The number of hydrogen-bond acceptors (Lipinski definition) is 4. The number of anilines is 1. The molecule has 0 N–H and O–H groups in total. The first-order valence-electron chi connectivity index (χ1n) is 9.73. The van der Waals surface area contributed by atoms with Crippen molar-refractivity contribution >= 4 is 11.6 Å². The number of amides is 1. The molecule has 2 atom stereocenters. The molecule has 1 fully saturated rings. The van der Waals surface area contributed by atoms with Crippen molar-refractivity contribution < 1.29 is 19.0 Å². The second kappa shape index (κ2) is 5.49. The zero-order valence-corrected chi connectivity index (χ0v) is 15.1. The molecule has 4 aliphatic heterocycles. The third-order valence-corrected chi connectivity index (χ3v) is 6.37. The maximum Gasteiger partial charge on any atom is 0.245 e. The number of para-hydroxylation sites is 1. The highest BCUT2D eigenvalue weighted by Crippen LogP contribution is 2.54. The number of hydrogen-bond donors (Lipinski definition) is 0. The van der Waals surface area contributed by atoms with E-state index in [1.807, 2.05) is 29.2 Å². The minimum Gasteiger partial charge on any atom is -0.493 e. The van der Waals surface area contributed by atoms with Crippen molar-refractivity contribution in [3.05, 3.63) is 53.1 Å². The molecule has 138 valence electrons. The molecule has 1 saturated heterocycles. The van der Waals surface area contributed by atoms with Crippen LogP contribution in [0.2, 0.25) is 0 Å². The first-order valence-corrected chi connectivity index (χ1v) is 9.73. The van der Waals surface area contributed by atoms with E-state index in [2.05, 4.69) is 12.1 Å². The standard InChI is InChI=1S/C22H21NO4/c24-21-22(13-27-20-10-14-7-9-26-19(14)11-17(20)22)16-5-1-2-6-18(16)23(21)12-15-4-3-8-25-15/h1-2,5-6,10-11,15H,3-4,7-9,12-13H2/t15-,22?/m1/s1. The van der Waals surface area contributed by atoms with Gasteiger partial charge in [-0.3, -0.25) is 4.79 Å². The fourth-order valence-electron chi connectivity index (χ4n) is 5.02. The first kappa shape index (κ1) is 15.5. The van der Waals surface area contributed by atoms with Crippen molar-refractivity contribution in [1.82, 2.24) is 0 Å². The third-order valence-electron chi connectivity index (χ3n) is 6.37. The van der Waals surface area contributed by atoms with Crippen LogP contribution in [0.5, 0.6) is 11.5 Å². The van der Waals surface area contributed by atoms with Gasteiger partial charge in [-0.15, -0.1) is 0 Å². The Balaban J connectivity index is 1.49. The van der Waals surface area contributed by atoms with Crippen molar-refractivity contribution in [2.45, 2.75) is 30.8 Å². The van der Waals surface area contributed by atoms with Gasteiger partial charge < -0.3 is 19.1 Å². The van der Waals surface area contributed by atoms with Gasteiger partial charge in [-0.25, -0.2) is 0 Å². The smallest absolute Gasteiger partial charge is 0.245 e. The van der Waals surface area contributed by atoms with E-state index in [0.717, 1.165) is 54.2 Å². The average molecular weight is 363 g/mol. The van der Waals surface area contributed by atoms with Crippen LogP contribution in [0, 0.1) is 0 Å². The molecule has 27 heavy (non-hydrogen) atoms. The van der Waals surface area contributed by atoms with Gasteiger partial charge in [0.05, 0.1) is 19.3 Å². The van der Waals surface area contributed by atoms with E-state index in [9.17, 15) is 4.79 Å². The molecular weight excluding hydrogens is 342 g/mol. The lowest BCUT2D eigenvalue weighted by atomic mass is 9.77. The van der Waals surface area contributed by atoms with Gasteiger partial charge in [0.25, 0.3) is 0 Å². The molecule has 5 heteroatoms. The molecule has 2 aromatic rings. The quantitative estimate of drug-likeness (QED) is 0.823. The predicted octanol–water partition coefficient (Wildman–Crippen LogP) is 2.83. The molecule has 1 unspecified atom stereocenters. The summed E-state index contributed by atoms with van der Waals surface area (Å²) in [6.45, 7) is 2.44. The molecule has 0 radical (unpaired) electrons. The molecule has 1 spiro atoms. The molecule has 1 amide bonds. The van der Waals surface area contributed by atoms with E-state index in [0.29, 0.717) is 19.8 Å². The van der Waals surface area contributed by atoms with Gasteiger partial charge in [-0.2, -0.15) is 0 Å². The summed E-state index contributed by atoms with van der Waals surface area (Å²) in [6.07, 6.45) is 3.08. The van der Waals surface area contributed by atoms with Crippen molar-refractivity contribution in [1.29, 1.82) is 0 Å². The molecule has 0 bridgehead atoms. The molecule has 0 saturated carbocycles. The Morgan fingerprint density at radius 2 is 2.00 bits per heavy atom. The Bertz CT molecular complexity index is 949. The number of ether oxygens (including phenoxy) is 3. The lowest BCUT2D eigenvalue weighted by molar-refractivity contribution is -0.122. The zero-order chi connectivity index (χ0) is 18.0. The largest absolute Gasteiger partial charge is 0.493 e. The van der Waals surface area contributed by atoms with E-state index >= 15 is 0 Å². The lowest BCUT2D eigenvalue weighted by Gasteiger charge is -2.25. The van der Waals surface area contributed by atoms with Crippen LogP contribution < -0.4 is 14.4 Å². The second-order valence-corrected chi connectivity index (χ2v) is 7.82. The van der Waals surface area contributed by atoms with E-state index < -0.39 is 5.41 Å². The van der Waals surface area contributed by atoms with Crippen molar-refractivity contribution in [3.63, 3.8) is 0 Å². The van der Waals surface area contributed by atoms with E-state index in [4.69, 9.17) is 14.2 Å². The summed E-state index contributed by atoms with van der Waals surface area (Å²) in [4.78, 5) is 15.7. The van der Waals surface area contributed by atoms with Gasteiger partial charge in [0.2, 0.25) is 5.91 Å². The summed E-state index contributed by atoms with van der Waals surface area (Å²) in [6, 6.07) is 12.2. The fraction of sp³-hybridized carbons (Fsp3) is 0.409. The Morgan fingerprint density at radius 3 is 2.89 bits per heavy atom. The van der Waals surface area contributed by atoms with Gasteiger partial charge in [-0.1, -0.05) is 18.2 Å². The van der Waals surface area contributed by atoms with Crippen molar-refractivity contribution in [3.8, 4) is 11.5 Å². The lowest BCUT2D eigenvalue weighted by Crippen LogP contribution is -2.44. The number of fused-ring (bicyclic) bond motifs is 5. The van der Waals surface area contributed by atoms with Crippen LogP contribution in [0.4, 0.5) is 5.69 Å². The van der Waals surface area contributed by atoms with Crippen molar-refractivity contribution in [2.24, 2.45) is 0 Å². The van der Waals surface area contributed by atoms with Gasteiger partial charge >= 0.3 is 0 Å². The van der Waals surface area contributed by atoms with Gasteiger partial charge in [-0.05, 0) is 36.6 Å². The summed E-state index contributed by atoms with van der Waals surface area (Å²) in [5, 5.41) is 0. The molecule has 4 aliphatic rings. The Morgan fingerprint density at radius 1 is 1.07 bits per heavy atom. The Hall–Kier alpha value is -2.53. The topological polar surface area (TPSA) is 48.0 Å². The maximum atomic E-state index is 13.8. The van der Waals surface area contributed by atoms with E-state index in [1.165, 1.54) is 5.56 Å². The molecular formula is C22H21NO4. The number of carbonyl (C=O) groups excluding carboxylic acids is 1. The normalized spacial score (nSPS) is 27.5. The highest BCUT2D eigenvalue weighted by Gasteiger charge is 2.57. The number of benzene rings is 2. The molecule has 4 heterocycles. The first-order chi connectivity index (χ1) is 13.3. The van der Waals surface area contributed by atoms with Crippen LogP contribution in [0.3, 0.4) is 0 Å². The number of rotatable bonds is 2. The van der Waals surface area contributed by atoms with Crippen LogP contribution >= 0.6 is 0 Å². The van der Waals surface area contributed by atoms with Crippen LogP contribution in [0.25, 0.3) is 0 Å². The molecule has 2 aromatic carbocycles. The monoisotopic (exact) mass is 363 g/mol. The summed E-state index contributed by atoms with van der Waals surface area (Å²) >= 11 is 0. The van der Waals surface area contributed by atoms with E-state index in [-0.39, 0.29) is 12.0 Å². The van der Waals surface area contributed by atoms with Gasteiger partial charge in [0, 0.05) is 29.8 Å². The fourth-order valence-corrected chi connectivity index (χ4v) is 5.02. The highest BCUT2D eigenvalue weighted by molar-refractivity contribution is 6.11. The minimum absolute atomic E-state index is 0.0934. The minimum atomic E-state index is -0.772. The van der Waals surface area contributed by atoms with Crippen LogP contribution in [0.1, 0.15) is 29.5 Å². The molecule has 5 nitrogen and oxygen atoms in total. The van der Waals surface area contributed by atoms with Gasteiger partial charge in [0.1, 0.15) is 23.5 Å². The summed E-state index contributed by atoms with van der Waals surface area (Å²) in [5.74, 6) is 1.80. The Labute approximate surface area is 157 Å². The SMILES string of the molecule is O=C1N(C[C@H]2CCCO2)c2ccccc2C12COc1cc3c(cc12)OCC3. The summed E-state index contributed by atoms with van der Waals surface area (Å²) in [5.41, 5.74) is 3.35. The number of carbonyl (C=O) groups is 1. The second-order valence-electron chi connectivity index (χ2n) is 7.82. The highest BCUT2D eigenvalue weighted by atomic mass is 16.5. The predicted molar refractivity (Wildman–Crippen MR) is 99.7 cm³/mol. The van der Waals surface area contributed by atoms with Gasteiger partial charge in [0.15, 0.2) is 0 Å².